The van der Waals surface area contributed by atoms with Crippen LogP contribution in [0, 0.1) is 11.8 Å². The summed E-state index contributed by atoms with van der Waals surface area (Å²) in [5.74, 6) is 1.65. The van der Waals surface area contributed by atoms with E-state index in [2.05, 4.69) is 37.9 Å². The molecule has 0 aromatic carbocycles. The molecule has 0 radical (unpaired) electrons. The Balaban J connectivity index is 2.01. The van der Waals surface area contributed by atoms with Gasteiger partial charge in [0.2, 0.25) is 0 Å². The molecule has 1 aliphatic heterocycles. The van der Waals surface area contributed by atoms with Gasteiger partial charge in [-0.25, -0.2) is 0 Å². The molecule has 0 aromatic rings. The highest BCUT2D eigenvalue weighted by atomic mass is 16.5. The average Bonchev–Trinajstić information content (AvgIpc) is 2.45. The van der Waals surface area contributed by atoms with Crippen LogP contribution in [0.4, 0.5) is 0 Å². The van der Waals surface area contributed by atoms with E-state index >= 15 is 0 Å². The van der Waals surface area contributed by atoms with E-state index in [9.17, 15) is 0 Å². The van der Waals surface area contributed by atoms with Crippen LogP contribution in [0.25, 0.3) is 0 Å². The zero-order valence-corrected chi connectivity index (χ0v) is 14.6. The van der Waals surface area contributed by atoms with Crippen molar-refractivity contribution in [3.8, 4) is 0 Å². The van der Waals surface area contributed by atoms with Gasteiger partial charge in [-0.1, -0.05) is 20.8 Å². The lowest BCUT2D eigenvalue weighted by Crippen LogP contribution is -2.59. The molecule has 0 aromatic heterocycles. The maximum Gasteiger partial charge on any atom is 0.0702 e. The molecule has 1 N–H and O–H groups in total. The standard InChI is InChI=1S/C18H36N2O/c1-5-9-19-17-12-14(3)11-15(4)18(17)20-10-7-8-16(13-20)21-6-2/h14-19H,5-13H2,1-4H3. The van der Waals surface area contributed by atoms with E-state index in [0.717, 1.165) is 31.5 Å². The molecule has 1 heterocycles. The summed E-state index contributed by atoms with van der Waals surface area (Å²) in [4.78, 5) is 2.74. The number of hydrogen-bond donors (Lipinski definition) is 1. The average molecular weight is 296 g/mol. The van der Waals surface area contributed by atoms with Crippen molar-refractivity contribution in [3.05, 3.63) is 0 Å². The first-order chi connectivity index (χ1) is 10.2. The number of nitrogens with one attached hydrogen (secondary N) is 1. The summed E-state index contributed by atoms with van der Waals surface area (Å²) in [5.41, 5.74) is 0. The van der Waals surface area contributed by atoms with Crippen LogP contribution in [0.1, 0.15) is 59.8 Å². The highest BCUT2D eigenvalue weighted by molar-refractivity contribution is 4.95. The number of likely N-dealkylation sites (tertiary alicyclic amines) is 1. The molecular weight excluding hydrogens is 260 g/mol. The van der Waals surface area contributed by atoms with Gasteiger partial charge < -0.3 is 10.1 Å². The number of hydrogen-bond acceptors (Lipinski definition) is 3. The third-order valence-electron chi connectivity index (χ3n) is 5.32. The lowest BCUT2D eigenvalue weighted by atomic mass is 9.75. The maximum absolute atomic E-state index is 5.91. The summed E-state index contributed by atoms with van der Waals surface area (Å²) >= 11 is 0. The lowest BCUT2D eigenvalue weighted by molar-refractivity contribution is -0.0328. The van der Waals surface area contributed by atoms with Crippen LogP contribution in [0.2, 0.25) is 0 Å². The number of rotatable bonds is 6. The van der Waals surface area contributed by atoms with Crippen LogP contribution < -0.4 is 5.32 Å². The van der Waals surface area contributed by atoms with Crippen molar-refractivity contribution in [1.29, 1.82) is 0 Å². The van der Waals surface area contributed by atoms with E-state index in [1.165, 1.54) is 38.6 Å². The van der Waals surface area contributed by atoms with E-state index in [0.29, 0.717) is 18.2 Å². The van der Waals surface area contributed by atoms with E-state index in [1.807, 2.05) is 0 Å². The second-order valence-electron chi connectivity index (χ2n) is 7.32. The Kier molecular flexibility index (Phi) is 6.97. The van der Waals surface area contributed by atoms with E-state index in [1.54, 1.807) is 0 Å². The molecule has 1 saturated carbocycles. The van der Waals surface area contributed by atoms with Crippen LogP contribution >= 0.6 is 0 Å². The van der Waals surface area contributed by atoms with Crippen LogP contribution in [-0.4, -0.2) is 49.3 Å². The highest BCUT2D eigenvalue weighted by Crippen LogP contribution is 2.34. The molecule has 3 heteroatoms. The van der Waals surface area contributed by atoms with Crippen molar-refractivity contribution >= 4 is 0 Å². The van der Waals surface area contributed by atoms with E-state index in [4.69, 9.17) is 4.74 Å². The van der Waals surface area contributed by atoms with Gasteiger partial charge in [-0.2, -0.15) is 0 Å². The Hall–Kier alpha value is -0.120. The quantitative estimate of drug-likeness (QED) is 0.814. The molecule has 1 saturated heterocycles. The summed E-state index contributed by atoms with van der Waals surface area (Å²) in [5, 5.41) is 3.84. The molecule has 21 heavy (non-hydrogen) atoms. The monoisotopic (exact) mass is 296 g/mol. The predicted molar refractivity (Wildman–Crippen MR) is 89.7 cm³/mol. The first kappa shape index (κ1) is 17.2. The summed E-state index contributed by atoms with van der Waals surface area (Å²) in [6.45, 7) is 13.7. The smallest absolute Gasteiger partial charge is 0.0702 e. The zero-order chi connectivity index (χ0) is 15.2. The zero-order valence-electron chi connectivity index (χ0n) is 14.6. The molecule has 1 aliphatic carbocycles. The van der Waals surface area contributed by atoms with Gasteiger partial charge in [-0.3, -0.25) is 4.90 Å². The van der Waals surface area contributed by atoms with Crippen molar-refractivity contribution in [3.63, 3.8) is 0 Å². The second kappa shape index (κ2) is 8.50. The number of nitrogens with zero attached hydrogens (tertiary/aromatic N) is 1. The first-order valence-corrected chi connectivity index (χ1v) is 9.24. The summed E-state index contributed by atoms with van der Waals surface area (Å²) in [6, 6.07) is 1.38. The molecule has 0 spiro atoms. The fourth-order valence-electron chi connectivity index (χ4n) is 4.60. The summed E-state index contributed by atoms with van der Waals surface area (Å²) < 4.78 is 5.91. The molecule has 5 unspecified atom stereocenters. The van der Waals surface area contributed by atoms with Crippen LogP contribution in [0.3, 0.4) is 0 Å². The maximum atomic E-state index is 5.91. The number of piperidine rings is 1. The van der Waals surface area contributed by atoms with Crippen molar-refractivity contribution in [2.75, 3.05) is 26.2 Å². The Labute approximate surface area is 131 Å². The van der Waals surface area contributed by atoms with Gasteiger partial charge in [0.1, 0.15) is 0 Å². The summed E-state index contributed by atoms with van der Waals surface area (Å²) in [7, 11) is 0. The first-order valence-electron chi connectivity index (χ1n) is 9.24. The molecule has 2 fully saturated rings. The molecule has 0 bridgehead atoms. The van der Waals surface area contributed by atoms with Gasteiger partial charge in [-0.15, -0.1) is 0 Å². The Morgan fingerprint density at radius 1 is 1.19 bits per heavy atom. The number of ether oxygens (including phenoxy) is 1. The SMILES string of the molecule is CCCNC1CC(C)CC(C)C1N1CCCC(OCC)C1. The Morgan fingerprint density at radius 2 is 2.00 bits per heavy atom. The van der Waals surface area contributed by atoms with Gasteiger partial charge in [0.25, 0.3) is 0 Å². The highest BCUT2D eigenvalue weighted by Gasteiger charge is 2.39. The van der Waals surface area contributed by atoms with Gasteiger partial charge in [0.15, 0.2) is 0 Å². The molecular formula is C18H36N2O. The van der Waals surface area contributed by atoms with Crippen LogP contribution in [-0.2, 0) is 4.74 Å². The molecule has 2 rings (SSSR count). The van der Waals surface area contributed by atoms with Crippen molar-refractivity contribution in [1.82, 2.24) is 10.2 Å². The fourth-order valence-corrected chi connectivity index (χ4v) is 4.60. The van der Waals surface area contributed by atoms with Crippen molar-refractivity contribution < 1.29 is 4.74 Å². The second-order valence-corrected chi connectivity index (χ2v) is 7.32. The predicted octanol–water partition coefficient (Wildman–Crippen LogP) is 3.29. The van der Waals surface area contributed by atoms with Crippen LogP contribution in [0.5, 0.6) is 0 Å². The summed E-state index contributed by atoms with van der Waals surface area (Å²) in [6.07, 6.45) is 6.95. The van der Waals surface area contributed by atoms with Gasteiger partial charge in [0, 0.05) is 25.2 Å². The molecule has 5 atom stereocenters. The van der Waals surface area contributed by atoms with Gasteiger partial charge in [-0.05, 0) is 64.0 Å². The largest absolute Gasteiger partial charge is 0.377 e. The minimum absolute atomic E-state index is 0.460. The van der Waals surface area contributed by atoms with Crippen molar-refractivity contribution in [2.45, 2.75) is 78.0 Å². The molecule has 3 nitrogen and oxygen atoms in total. The van der Waals surface area contributed by atoms with Gasteiger partial charge >= 0.3 is 0 Å². The van der Waals surface area contributed by atoms with Crippen LogP contribution in [0.15, 0.2) is 0 Å². The van der Waals surface area contributed by atoms with E-state index in [-0.39, 0.29) is 0 Å². The lowest BCUT2D eigenvalue weighted by Gasteiger charge is -2.48. The minimum atomic E-state index is 0.460. The Bertz CT molecular complexity index is 295. The minimum Gasteiger partial charge on any atom is -0.377 e. The third-order valence-corrected chi connectivity index (χ3v) is 5.32. The van der Waals surface area contributed by atoms with Crippen molar-refractivity contribution in [2.24, 2.45) is 11.8 Å². The molecule has 124 valence electrons. The normalized spacial score (nSPS) is 38.6. The fraction of sp³-hybridized carbons (Fsp3) is 1.00. The molecule has 2 aliphatic rings. The van der Waals surface area contributed by atoms with Gasteiger partial charge in [0.05, 0.1) is 6.10 Å². The topological polar surface area (TPSA) is 24.5 Å². The molecule has 0 amide bonds. The Morgan fingerprint density at radius 3 is 2.71 bits per heavy atom. The van der Waals surface area contributed by atoms with E-state index < -0.39 is 0 Å². The third kappa shape index (κ3) is 4.67.